The Bertz CT molecular complexity index is 1290. The second-order valence-corrected chi connectivity index (χ2v) is 23.1. The van der Waals surface area contributed by atoms with Gasteiger partial charge < -0.3 is 0 Å². The van der Waals surface area contributed by atoms with Crippen LogP contribution in [0.1, 0.15) is 0 Å². The zero-order valence-electron chi connectivity index (χ0n) is 24.4. The Morgan fingerprint density at radius 1 is 0.386 bits per heavy atom. The van der Waals surface area contributed by atoms with Crippen molar-refractivity contribution in [2.24, 2.45) is 0 Å². The average molecular weight is 762 g/mol. The SMILES string of the molecule is [C-]#[O+].[C-]#[O+].[C-]#[O+].[Cr+3].c1ccc([PH+](CC[AsH](c2ccccc2)c2ccccc2)CC[AsH](c2ccccc2)c2ccccc2)cc1. The Morgan fingerprint density at radius 3 is 0.864 bits per heavy atom. The molecule has 0 aromatic heterocycles. The van der Waals surface area contributed by atoms with Crippen LogP contribution in [0, 0.1) is 20.0 Å². The van der Waals surface area contributed by atoms with Crippen molar-refractivity contribution >= 4 is 59.9 Å². The molecule has 3 nitrogen and oxygen atoms in total. The second-order valence-electron chi connectivity index (χ2n) is 9.39. The molecule has 5 rings (SSSR count). The van der Waals surface area contributed by atoms with E-state index in [9.17, 15) is 0 Å². The van der Waals surface area contributed by atoms with Crippen molar-refractivity contribution < 1.29 is 31.3 Å². The van der Waals surface area contributed by atoms with Gasteiger partial charge in [0, 0.05) is 0 Å². The van der Waals surface area contributed by atoms with E-state index in [-0.39, 0.29) is 17.4 Å². The fraction of sp³-hybridized carbons (Fsp3) is 0.108. The zero-order valence-corrected chi connectivity index (χ0v) is 30.9. The van der Waals surface area contributed by atoms with Crippen LogP contribution in [0.3, 0.4) is 0 Å². The normalized spacial score (nSPS) is 9.66. The molecule has 5 aromatic rings. The summed E-state index contributed by atoms with van der Waals surface area (Å²) in [4.78, 5) is 0. The van der Waals surface area contributed by atoms with Gasteiger partial charge in [0.05, 0.1) is 0 Å². The summed E-state index contributed by atoms with van der Waals surface area (Å²) in [6, 6.07) is 57.0. The first-order chi connectivity index (χ1) is 21.4. The average Bonchev–Trinajstić information content (AvgIpc) is 3.12. The van der Waals surface area contributed by atoms with Crippen molar-refractivity contribution in [1.29, 1.82) is 0 Å². The van der Waals surface area contributed by atoms with Gasteiger partial charge in [-0.2, -0.15) is 0 Å². The first-order valence-electron chi connectivity index (χ1n) is 13.8. The number of rotatable bonds is 11. The number of benzene rings is 5. The summed E-state index contributed by atoms with van der Waals surface area (Å²) < 4.78 is 28.9. The standard InChI is InChI=1S/C34H35As2P.3CO.Cr/c1-6-16-30(17-7-1)35(31-18-8-2-9-19-31)26-28-37(34-24-14-5-15-25-34)29-27-36(32-20-10-3-11-21-32)33-22-12-4-13-23-33;3*1-2;/h1-25,35-36H,26-29H2;;;;/q;;;;+3/p+1. The summed E-state index contributed by atoms with van der Waals surface area (Å²) >= 11 is -3.20. The third kappa shape index (κ3) is 12.8. The van der Waals surface area contributed by atoms with Gasteiger partial charge in [0.25, 0.3) is 0 Å². The molecule has 0 heterocycles. The van der Waals surface area contributed by atoms with E-state index in [1.165, 1.54) is 22.7 Å². The Kier molecular flexibility index (Phi) is 22.1. The van der Waals surface area contributed by atoms with Gasteiger partial charge in [-0.1, -0.05) is 0 Å². The van der Waals surface area contributed by atoms with Crippen LogP contribution in [0.25, 0.3) is 0 Å². The van der Waals surface area contributed by atoms with Crippen LogP contribution in [0.4, 0.5) is 0 Å². The van der Waals surface area contributed by atoms with Crippen molar-refractivity contribution in [3.8, 4) is 0 Å². The van der Waals surface area contributed by atoms with Crippen LogP contribution in [0.15, 0.2) is 152 Å². The fourth-order valence-corrected chi connectivity index (χ4v) is 23.5. The van der Waals surface area contributed by atoms with E-state index in [0.717, 1.165) is 0 Å². The Labute approximate surface area is 283 Å². The summed E-state index contributed by atoms with van der Waals surface area (Å²) in [6.45, 7) is 13.5. The minimum atomic E-state index is -1.60. The van der Waals surface area contributed by atoms with Crippen LogP contribution in [0.2, 0.25) is 10.4 Å². The number of hydrogen-bond donors (Lipinski definition) is 0. The molecule has 0 atom stereocenters. The Balaban J connectivity index is 0.00000130. The molecule has 219 valence electrons. The first-order valence-corrected chi connectivity index (χ1v) is 22.9. The molecule has 0 unspecified atom stereocenters. The molecule has 0 spiro atoms. The van der Waals surface area contributed by atoms with E-state index < -0.39 is 37.2 Å². The van der Waals surface area contributed by atoms with E-state index in [2.05, 4.69) is 172 Å². The van der Waals surface area contributed by atoms with Crippen LogP contribution in [0.5, 0.6) is 0 Å². The molecule has 0 amide bonds. The molecule has 3 radical (unpaired) electrons. The summed E-state index contributed by atoms with van der Waals surface area (Å²) in [7, 11) is -0.657. The van der Waals surface area contributed by atoms with Crippen LogP contribution < -0.4 is 22.7 Å². The molecule has 7 heteroatoms. The van der Waals surface area contributed by atoms with Crippen molar-refractivity contribution in [1.82, 2.24) is 0 Å². The summed E-state index contributed by atoms with van der Waals surface area (Å²) in [5.41, 5.74) is 0. The van der Waals surface area contributed by atoms with Crippen molar-refractivity contribution in [3.05, 3.63) is 172 Å². The van der Waals surface area contributed by atoms with Crippen molar-refractivity contribution in [3.63, 3.8) is 0 Å². The van der Waals surface area contributed by atoms with Gasteiger partial charge in [0.15, 0.2) is 0 Å². The molecule has 0 N–H and O–H groups in total. The van der Waals surface area contributed by atoms with Gasteiger partial charge in [-0.25, -0.2) is 0 Å². The molecule has 5 aromatic carbocycles. The fourth-order valence-electron chi connectivity index (χ4n) is 5.11. The monoisotopic (exact) mass is 761 g/mol. The Morgan fingerprint density at radius 2 is 0.614 bits per heavy atom. The molecule has 0 saturated heterocycles. The zero-order chi connectivity index (χ0) is 31.1. The maximum atomic E-state index is 7.50. The van der Waals surface area contributed by atoms with E-state index in [0.29, 0.717) is 0 Å². The van der Waals surface area contributed by atoms with Gasteiger partial charge in [0.1, 0.15) is 0 Å². The Hall–Kier alpha value is -2.60. The van der Waals surface area contributed by atoms with Gasteiger partial charge in [-0.3, -0.25) is 0 Å². The summed E-state index contributed by atoms with van der Waals surface area (Å²) in [5.74, 6) is 0. The molecule has 0 aliphatic heterocycles. The third-order valence-electron chi connectivity index (χ3n) is 7.02. The topological polar surface area (TPSA) is 59.7 Å². The second kappa shape index (κ2) is 24.7. The molecule has 0 fully saturated rings. The third-order valence-corrected chi connectivity index (χ3v) is 23.8. The van der Waals surface area contributed by atoms with Crippen molar-refractivity contribution in [2.75, 3.05) is 12.3 Å². The molecule has 0 aliphatic carbocycles. The van der Waals surface area contributed by atoms with E-state index in [4.69, 9.17) is 14.0 Å². The summed E-state index contributed by atoms with van der Waals surface area (Å²) in [6.07, 6.45) is 2.73. The molecule has 44 heavy (non-hydrogen) atoms. The molecule has 0 saturated carbocycles. The van der Waals surface area contributed by atoms with Gasteiger partial charge >= 0.3 is 286 Å². The summed E-state index contributed by atoms with van der Waals surface area (Å²) in [5, 5.41) is 4.34. The number of hydrogen-bond acceptors (Lipinski definition) is 0. The van der Waals surface area contributed by atoms with E-state index in [1.807, 2.05) is 0 Å². The van der Waals surface area contributed by atoms with Crippen LogP contribution in [-0.2, 0) is 31.3 Å². The predicted molar refractivity (Wildman–Crippen MR) is 184 cm³/mol. The van der Waals surface area contributed by atoms with Gasteiger partial charge in [0.2, 0.25) is 0 Å². The predicted octanol–water partition coefficient (Wildman–Crippen LogP) is 4.49. The molecular formula is C37H36As2CrO3P+4. The van der Waals surface area contributed by atoms with Crippen molar-refractivity contribution in [2.45, 2.75) is 10.4 Å². The quantitative estimate of drug-likeness (QED) is 0.0826. The van der Waals surface area contributed by atoms with Crippen LogP contribution >= 0.6 is 7.92 Å². The van der Waals surface area contributed by atoms with Gasteiger partial charge in [-0.15, -0.1) is 0 Å². The molecule has 0 bridgehead atoms. The van der Waals surface area contributed by atoms with E-state index >= 15 is 0 Å². The van der Waals surface area contributed by atoms with Crippen LogP contribution in [-0.4, -0.2) is 41.6 Å². The minimum absolute atomic E-state index is 0. The maximum absolute atomic E-state index is 7.50. The molecule has 0 aliphatic rings. The van der Waals surface area contributed by atoms with Gasteiger partial charge in [-0.05, 0) is 0 Å². The molecular weight excluding hydrogens is 725 g/mol. The van der Waals surface area contributed by atoms with E-state index in [1.54, 1.807) is 22.7 Å². The first kappa shape index (κ1) is 39.4.